The molecule has 0 aromatic carbocycles. The number of nitrogens with one attached hydrogen (secondary N) is 1. The van der Waals surface area contributed by atoms with Crippen LogP contribution in [0.5, 0.6) is 0 Å². The molecule has 0 amide bonds. The second-order valence-electron chi connectivity index (χ2n) is 5.54. The Hall–Kier alpha value is -1.40. The number of thiophene rings is 1. The van der Waals surface area contributed by atoms with Crippen LogP contribution in [-0.4, -0.2) is 41.0 Å². The number of hydrogen-bond donors (Lipinski definition) is 2. The van der Waals surface area contributed by atoms with Gasteiger partial charge in [-0.25, -0.2) is 4.98 Å². The molecular formula is C15H23N5S. The predicted octanol–water partition coefficient (Wildman–Crippen LogP) is 2.73. The van der Waals surface area contributed by atoms with E-state index in [4.69, 9.17) is 5.73 Å². The smallest absolute Gasteiger partial charge is 0.223 e. The summed E-state index contributed by atoms with van der Waals surface area (Å²) in [5, 5.41) is 4.54. The molecule has 0 saturated carbocycles. The van der Waals surface area contributed by atoms with Gasteiger partial charge in [-0.2, -0.15) is 4.98 Å². The van der Waals surface area contributed by atoms with Gasteiger partial charge < -0.3 is 16.0 Å². The van der Waals surface area contributed by atoms with E-state index in [-0.39, 0.29) is 0 Å². The van der Waals surface area contributed by atoms with Gasteiger partial charge in [0.15, 0.2) is 0 Å². The van der Waals surface area contributed by atoms with Crippen molar-refractivity contribution >= 4 is 33.3 Å². The molecule has 3 N–H and O–H groups in total. The van der Waals surface area contributed by atoms with Gasteiger partial charge in [-0.1, -0.05) is 6.92 Å². The molecule has 1 aliphatic rings. The largest absolute Gasteiger partial charge is 0.369 e. The number of nitrogens with two attached hydrogens (primary N) is 1. The van der Waals surface area contributed by atoms with Gasteiger partial charge in [-0.05, 0) is 51.4 Å². The Balaban J connectivity index is 1.63. The fraction of sp³-hybridized carbons (Fsp3) is 0.600. The predicted molar refractivity (Wildman–Crippen MR) is 90.0 cm³/mol. The van der Waals surface area contributed by atoms with E-state index >= 15 is 0 Å². The molecule has 3 rings (SSSR count). The monoisotopic (exact) mass is 305 g/mol. The highest BCUT2D eigenvalue weighted by Gasteiger charge is 2.12. The first-order valence-corrected chi connectivity index (χ1v) is 8.60. The number of hydrogen-bond acceptors (Lipinski definition) is 6. The number of fused-ring (bicyclic) bond motifs is 1. The van der Waals surface area contributed by atoms with Crippen LogP contribution in [0, 0.1) is 0 Å². The van der Waals surface area contributed by atoms with E-state index in [0.29, 0.717) is 5.95 Å². The lowest BCUT2D eigenvalue weighted by Gasteiger charge is -2.14. The molecule has 6 heteroatoms. The Morgan fingerprint density at radius 3 is 2.90 bits per heavy atom. The number of aryl methyl sites for hydroxylation is 1. The van der Waals surface area contributed by atoms with Crippen LogP contribution in [0.3, 0.4) is 0 Å². The minimum absolute atomic E-state index is 0.356. The van der Waals surface area contributed by atoms with E-state index in [9.17, 15) is 0 Å². The lowest BCUT2D eigenvalue weighted by Crippen LogP contribution is -2.22. The van der Waals surface area contributed by atoms with Crippen molar-refractivity contribution in [3.63, 3.8) is 0 Å². The van der Waals surface area contributed by atoms with Crippen LogP contribution in [0.2, 0.25) is 0 Å². The van der Waals surface area contributed by atoms with Gasteiger partial charge in [0, 0.05) is 11.4 Å². The molecule has 3 heterocycles. The topological polar surface area (TPSA) is 67.1 Å². The maximum absolute atomic E-state index is 5.82. The Morgan fingerprint density at radius 1 is 1.33 bits per heavy atom. The van der Waals surface area contributed by atoms with Crippen LogP contribution < -0.4 is 11.1 Å². The fourth-order valence-corrected chi connectivity index (χ4v) is 3.79. The van der Waals surface area contributed by atoms with Gasteiger partial charge in [0.1, 0.15) is 10.6 Å². The van der Waals surface area contributed by atoms with Crippen molar-refractivity contribution in [3.05, 3.63) is 10.9 Å². The molecule has 0 spiro atoms. The Kier molecular flexibility index (Phi) is 4.55. The standard InChI is InChI=1S/C15H23N5S/c1-2-11-10-12-13(18-15(16)19-14(12)21-11)17-6-5-9-20-7-3-4-8-20/h10H,2-9H2,1H3,(H3,16,17,18,19). The highest BCUT2D eigenvalue weighted by Crippen LogP contribution is 2.29. The number of aromatic nitrogens is 2. The summed E-state index contributed by atoms with van der Waals surface area (Å²) in [6.07, 6.45) is 4.86. The molecule has 0 unspecified atom stereocenters. The first kappa shape index (κ1) is 14.5. The van der Waals surface area contributed by atoms with Crippen LogP contribution in [-0.2, 0) is 6.42 Å². The van der Waals surface area contributed by atoms with Crippen molar-refractivity contribution in [2.45, 2.75) is 32.6 Å². The molecule has 1 fully saturated rings. The number of nitrogens with zero attached hydrogens (tertiary/aromatic N) is 3. The maximum atomic E-state index is 5.82. The van der Waals surface area contributed by atoms with Crippen molar-refractivity contribution < 1.29 is 0 Å². The van der Waals surface area contributed by atoms with Crippen LogP contribution in [0.1, 0.15) is 31.1 Å². The van der Waals surface area contributed by atoms with Gasteiger partial charge >= 0.3 is 0 Å². The number of anilines is 2. The fourth-order valence-electron chi connectivity index (χ4n) is 2.81. The zero-order chi connectivity index (χ0) is 14.7. The summed E-state index contributed by atoms with van der Waals surface area (Å²) in [5.41, 5.74) is 5.82. The minimum atomic E-state index is 0.356. The summed E-state index contributed by atoms with van der Waals surface area (Å²) in [7, 11) is 0. The average molecular weight is 305 g/mol. The molecule has 0 radical (unpaired) electrons. The second-order valence-corrected chi connectivity index (χ2v) is 6.66. The van der Waals surface area contributed by atoms with Gasteiger partial charge in [0.05, 0.1) is 5.39 Å². The lowest BCUT2D eigenvalue weighted by molar-refractivity contribution is 0.337. The van der Waals surface area contributed by atoms with Crippen LogP contribution >= 0.6 is 11.3 Å². The van der Waals surface area contributed by atoms with E-state index in [0.717, 1.165) is 35.4 Å². The van der Waals surface area contributed by atoms with Crippen LogP contribution in [0.4, 0.5) is 11.8 Å². The third kappa shape index (κ3) is 3.44. The second kappa shape index (κ2) is 6.58. The molecule has 0 atom stereocenters. The van der Waals surface area contributed by atoms with E-state index in [1.165, 1.54) is 37.4 Å². The van der Waals surface area contributed by atoms with Crippen molar-refractivity contribution in [3.8, 4) is 0 Å². The molecule has 2 aromatic rings. The molecule has 2 aromatic heterocycles. The van der Waals surface area contributed by atoms with E-state index in [1.54, 1.807) is 11.3 Å². The minimum Gasteiger partial charge on any atom is -0.369 e. The molecule has 114 valence electrons. The molecule has 0 aliphatic carbocycles. The van der Waals surface area contributed by atoms with Crippen LogP contribution in [0.15, 0.2) is 6.07 Å². The summed E-state index contributed by atoms with van der Waals surface area (Å²) in [4.78, 5) is 13.5. The highest BCUT2D eigenvalue weighted by molar-refractivity contribution is 7.18. The van der Waals surface area contributed by atoms with Crippen LogP contribution in [0.25, 0.3) is 10.2 Å². The van der Waals surface area contributed by atoms with Crippen molar-refractivity contribution in [2.24, 2.45) is 0 Å². The summed E-state index contributed by atoms with van der Waals surface area (Å²) in [5.74, 6) is 1.24. The van der Waals surface area contributed by atoms with Gasteiger partial charge in [-0.15, -0.1) is 11.3 Å². The number of nitrogen functional groups attached to an aromatic ring is 1. The van der Waals surface area contributed by atoms with Gasteiger partial charge in [0.2, 0.25) is 5.95 Å². The lowest BCUT2D eigenvalue weighted by atomic mass is 10.3. The van der Waals surface area contributed by atoms with Crippen molar-refractivity contribution in [2.75, 3.05) is 37.2 Å². The summed E-state index contributed by atoms with van der Waals surface area (Å²) in [6.45, 7) is 6.77. The summed E-state index contributed by atoms with van der Waals surface area (Å²) < 4.78 is 0. The van der Waals surface area contributed by atoms with E-state index in [2.05, 4.69) is 33.2 Å². The third-order valence-electron chi connectivity index (χ3n) is 3.95. The Morgan fingerprint density at radius 2 is 2.14 bits per heavy atom. The molecule has 0 bridgehead atoms. The zero-order valence-electron chi connectivity index (χ0n) is 12.6. The molecule has 1 saturated heterocycles. The normalized spacial score (nSPS) is 15.9. The molecule has 21 heavy (non-hydrogen) atoms. The quantitative estimate of drug-likeness (QED) is 0.803. The first-order valence-electron chi connectivity index (χ1n) is 7.78. The summed E-state index contributed by atoms with van der Waals surface area (Å²) in [6, 6.07) is 2.18. The summed E-state index contributed by atoms with van der Waals surface area (Å²) >= 11 is 1.71. The number of likely N-dealkylation sites (tertiary alicyclic amines) is 1. The SMILES string of the molecule is CCc1cc2c(NCCCN3CCCC3)nc(N)nc2s1. The average Bonchev–Trinajstić information content (AvgIpc) is 3.11. The Labute approximate surface area is 129 Å². The zero-order valence-corrected chi connectivity index (χ0v) is 13.4. The molecule has 5 nitrogen and oxygen atoms in total. The van der Waals surface area contributed by atoms with Gasteiger partial charge in [-0.3, -0.25) is 0 Å². The van der Waals surface area contributed by atoms with Crippen molar-refractivity contribution in [1.82, 2.24) is 14.9 Å². The molecular weight excluding hydrogens is 282 g/mol. The van der Waals surface area contributed by atoms with Gasteiger partial charge in [0.25, 0.3) is 0 Å². The molecule has 1 aliphatic heterocycles. The van der Waals surface area contributed by atoms with E-state index < -0.39 is 0 Å². The maximum Gasteiger partial charge on any atom is 0.223 e. The first-order chi connectivity index (χ1) is 10.3. The number of rotatable bonds is 6. The third-order valence-corrected chi connectivity index (χ3v) is 5.13. The van der Waals surface area contributed by atoms with Crippen molar-refractivity contribution in [1.29, 1.82) is 0 Å². The Bertz CT molecular complexity index is 603. The highest BCUT2D eigenvalue weighted by atomic mass is 32.1. The van der Waals surface area contributed by atoms with E-state index in [1.807, 2.05) is 0 Å².